The van der Waals surface area contributed by atoms with Gasteiger partial charge in [0.15, 0.2) is 0 Å². The van der Waals surface area contributed by atoms with E-state index >= 15 is 0 Å². The summed E-state index contributed by atoms with van der Waals surface area (Å²) in [6.07, 6.45) is 80.1. The number of unbranched alkanes of at least 4 members (excludes halogenated alkanes) is 43. The Hall–Kier alpha value is -2.18. The molecule has 0 spiro atoms. The first-order chi connectivity index (χ1) is 36.0. The molecule has 0 heterocycles. The number of hydrogen-bond acceptors (Lipinski definition) is 5. The van der Waals surface area contributed by atoms with Gasteiger partial charge in [0.25, 0.3) is 0 Å². The summed E-state index contributed by atoms with van der Waals surface area (Å²) >= 11 is 0. The zero-order chi connectivity index (χ0) is 52.9. The SMILES string of the molecule is CCCCC/C=C\C/C=C\CCCCCCCCCC(=O)OCCCCCCCCCCCCCC/C=C\CCCCCCCCCC(=O)NC(CO)C(O)/C=C/CCCCCCCCCCCCCCCC. The number of esters is 1. The molecule has 1 amide bonds. The molecule has 0 bridgehead atoms. The van der Waals surface area contributed by atoms with E-state index in [1.165, 1.54) is 257 Å². The average Bonchev–Trinajstić information content (AvgIpc) is 3.39. The summed E-state index contributed by atoms with van der Waals surface area (Å²) in [5.74, 6) is -0.0701. The molecule has 0 rings (SSSR count). The molecular weight excluding hydrogens is 899 g/mol. The Bertz CT molecular complexity index is 1230. The van der Waals surface area contributed by atoms with Crippen LogP contribution in [-0.4, -0.2) is 47.4 Å². The minimum Gasteiger partial charge on any atom is -0.466 e. The molecule has 428 valence electrons. The van der Waals surface area contributed by atoms with Crippen LogP contribution >= 0.6 is 0 Å². The van der Waals surface area contributed by atoms with Crippen LogP contribution in [0.25, 0.3) is 0 Å². The summed E-state index contributed by atoms with van der Waals surface area (Å²) in [4.78, 5) is 24.6. The van der Waals surface area contributed by atoms with Gasteiger partial charge in [-0.15, -0.1) is 0 Å². The second-order valence-corrected chi connectivity index (χ2v) is 22.1. The summed E-state index contributed by atoms with van der Waals surface area (Å²) in [5.41, 5.74) is 0. The van der Waals surface area contributed by atoms with Crippen LogP contribution in [0, 0.1) is 0 Å². The molecule has 6 nitrogen and oxygen atoms in total. The number of hydrogen-bond donors (Lipinski definition) is 3. The van der Waals surface area contributed by atoms with Crippen LogP contribution in [0.5, 0.6) is 0 Å². The molecule has 2 unspecified atom stereocenters. The fourth-order valence-electron chi connectivity index (χ4n) is 9.84. The van der Waals surface area contributed by atoms with Crippen molar-refractivity contribution in [3.8, 4) is 0 Å². The fraction of sp³-hybridized carbons (Fsp3) is 0.851. The van der Waals surface area contributed by atoms with Crippen LogP contribution in [0.3, 0.4) is 0 Å². The Morgan fingerprint density at radius 1 is 0.384 bits per heavy atom. The molecule has 0 fully saturated rings. The first kappa shape index (κ1) is 70.8. The van der Waals surface area contributed by atoms with Gasteiger partial charge in [-0.2, -0.15) is 0 Å². The van der Waals surface area contributed by atoms with E-state index in [2.05, 4.69) is 55.6 Å². The van der Waals surface area contributed by atoms with Gasteiger partial charge in [0.2, 0.25) is 5.91 Å². The van der Waals surface area contributed by atoms with Crippen molar-refractivity contribution in [3.05, 3.63) is 48.6 Å². The number of carbonyl (C=O) groups excluding carboxylic acids is 2. The lowest BCUT2D eigenvalue weighted by Crippen LogP contribution is -2.45. The minimum atomic E-state index is -0.849. The van der Waals surface area contributed by atoms with Crippen molar-refractivity contribution in [2.45, 2.75) is 353 Å². The van der Waals surface area contributed by atoms with E-state index in [4.69, 9.17) is 4.74 Å². The predicted molar refractivity (Wildman–Crippen MR) is 319 cm³/mol. The fourth-order valence-corrected chi connectivity index (χ4v) is 9.84. The molecule has 0 saturated carbocycles. The summed E-state index contributed by atoms with van der Waals surface area (Å²) in [6.45, 7) is 4.89. The van der Waals surface area contributed by atoms with Gasteiger partial charge in [-0.25, -0.2) is 0 Å². The number of aliphatic hydroxyl groups excluding tert-OH is 2. The highest BCUT2D eigenvalue weighted by Gasteiger charge is 2.18. The van der Waals surface area contributed by atoms with Crippen LogP contribution in [0.1, 0.15) is 341 Å². The van der Waals surface area contributed by atoms with Crippen molar-refractivity contribution < 1.29 is 24.5 Å². The number of ether oxygens (including phenoxy) is 1. The zero-order valence-corrected chi connectivity index (χ0v) is 48.9. The van der Waals surface area contributed by atoms with Gasteiger partial charge in [0.05, 0.1) is 25.4 Å². The molecule has 0 aromatic rings. The third kappa shape index (κ3) is 58.9. The van der Waals surface area contributed by atoms with Crippen molar-refractivity contribution in [1.29, 1.82) is 0 Å². The molecular formula is C67H125NO5. The minimum absolute atomic E-state index is 0.00308. The standard InChI is InChI=1S/C67H125NO5/c1-3-5-7-9-11-13-15-17-19-28-33-37-41-45-49-53-57-61-67(72)73-62-58-54-50-46-42-38-34-30-27-25-23-21-22-24-26-29-32-36-40-44-48-52-56-60-66(71)68-64(63-69)65(70)59-55-51-47-43-39-35-31-20-18-16-14-12-10-8-6-4-2/h11,13,17,19,24,26,55,59,64-65,69-70H,3-10,12,14-16,18,20-23,25,27-54,56-58,60-63H2,1-2H3,(H,68,71)/b13-11-,19-17-,26-24-,59-55+. The predicted octanol–water partition coefficient (Wildman–Crippen LogP) is 20.5. The second-order valence-electron chi connectivity index (χ2n) is 22.1. The zero-order valence-electron chi connectivity index (χ0n) is 48.9. The molecule has 0 aromatic carbocycles. The first-order valence-electron chi connectivity index (χ1n) is 32.4. The van der Waals surface area contributed by atoms with Crippen molar-refractivity contribution in [2.24, 2.45) is 0 Å². The third-order valence-corrected chi connectivity index (χ3v) is 14.8. The number of aliphatic hydroxyl groups is 2. The van der Waals surface area contributed by atoms with E-state index in [0.29, 0.717) is 19.4 Å². The Labute approximate surface area is 455 Å². The van der Waals surface area contributed by atoms with Gasteiger partial charge >= 0.3 is 5.97 Å². The first-order valence-corrected chi connectivity index (χ1v) is 32.4. The molecule has 2 atom stereocenters. The molecule has 0 aliphatic rings. The number of rotatable bonds is 60. The smallest absolute Gasteiger partial charge is 0.305 e. The molecule has 3 N–H and O–H groups in total. The van der Waals surface area contributed by atoms with Crippen LogP contribution < -0.4 is 5.32 Å². The van der Waals surface area contributed by atoms with Crippen LogP contribution in [0.15, 0.2) is 48.6 Å². The molecule has 0 aliphatic carbocycles. The maximum Gasteiger partial charge on any atom is 0.305 e. The molecule has 0 radical (unpaired) electrons. The van der Waals surface area contributed by atoms with E-state index in [1.807, 2.05) is 6.08 Å². The van der Waals surface area contributed by atoms with Gasteiger partial charge in [-0.05, 0) is 89.9 Å². The summed E-state index contributed by atoms with van der Waals surface area (Å²) in [5, 5.41) is 23.1. The monoisotopic (exact) mass is 1020 g/mol. The lowest BCUT2D eigenvalue weighted by molar-refractivity contribution is -0.143. The van der Waals surface area contributed by atoms with Crippen molar-refractivity contribution in [2.75, 3.05) is 13.2 Å². The maximum absolute atomic E-state index is 12.5. The van der Waals surface area contributed by atoms with Gasteiger partial charge in [0.1, 0.15) is 0 Å². The van der Waals surface area contributed by atoms with Gasteiger partial charge in [-0.1, -0.05) is 287 Å². The highest BCUT2D eigenvalue weighted by atomic mass is 16.5. The molecule has 0 aliphatic heterocycles. The molecule has 6 heteroatoms. The maximum atomic E-state index is 12.5. The number of nitrogens with one attached hydrogen (secondary N) is 1. The summed E-state index contributed by atoms with van der Waals surface area (Å²) in [6, 6.07) is -0.633. The van der Waals surface area contributed by atoms with Crippen molar-refractivity contribution in [3.63, 3.8) is 0 Å². The van der Waals surface area contributed by atoms with Crippen LogP contribution in [-0.2, 0) is 14.3 Å². The number of carbonyl (C=O) groups is 2. The molecule has 0 aromatic heterocycles. The van der Waals surface area contributed by atoms with E-state index < -0.39 is 12.1 Å². The Balaban J connectivity index is 3.43. The highest BCUT2D eigenvalue weighted by Crippen LogP contribution is 2.17. The summed E-state index contributed by atoms with van der Waals surface area (Å²) in [7, 11) is 0. The number of amides is 1. The lowest BCUT2D eigenvalue weighted by atomic mass is 10.0. The Morgan fingerprint density at radius 3 is 1.08 bits per heavy atom. The lowest BCUT2D eigenvalue weighted by Gasteiger charge is -2.20. The van der Waals surface area contributed by atoms with Crippen LogP contribution in [0.4, 0.5) is 0 Å². The van der Waals surface area contributed by atoms with Gasteiger partial charge in [0, 0.05) is 12.8 Å². The third-order valence-electron chi connectivity index (χ3n) is 14.8. The molecule has 73 heavy (non-hydrogen) atoms. The van der Waals surface area contributed by atoms with Crippen molar-refractivity contribution >= 4 is 11.9 Å². The molecule has 0 saturated heterocycles. The van der Waals surface area contributed by atoms with Crippen molar-refractivity contribution in [1.82, 2.24) is 5.32 Å². The quantitative estimate of drug-likeness (QED) is 0.0320. The number of allylic oxidation sites excluding steroid dienone is 7. The second kappa shape index (κ2) is 62.4. The largest absolute Gasteiger partial charge is 0.466 e. The Kier molecular flexibility index (Phi) is 60.5. The van der Waals surface area contributed by atoms with E-state index in [-0.39, 0.29) is 18.5 Å². The average molecular weight is 1020 g/mol. The Morgan fingerprint density at radius 2 is 0.685 bits per heavy atom. The van der Waals surface area contributed by atoms with E-state index in [1.54, 1.807) is 6.08 Å². The van der Waals surface area contributed by atoms with E-state index in [9.17, 15) is 19.8 Å². The highest BCUT2D eigenvalue weighted by molar-refractivity contribution is 5.76. The topological polar surface area (TPSA) is 95.9 Å². The van der Waals surface area contributed by atoms with E-state index in [0.717, 1.165) is 57.8 Å². The normalized spacial score (nSPS) is 12.9. The van der Waals surface area contributed by atoms with Gasteiger partial charge in [-0.3, -0.25) is 9.59 Å². The van der Waals surface area contributed by atoms with Gasteiger partial charge < -0.3 is 20.3 Å². The summed E-state index contributed by atoms with van der Waals surface area (Å²) < 4.78 is 5.49. The van der Waals surface area contributed by atoms with Crippen LogP contribution in [0.2, 0.25) is 0 Å².